The number of hydrogen-bond donors (Lipinski definition) is 1. The molecule has 1 fully saturated rings. The van der Waals surface area contributed by atoms with Crippen LogP contribution in [0.15, 0.2) is 49.1 Å². The molecule has 36 heavy (non-hydrogen) atoms. The first-order valence-corrected chi connectivity index (χ1v) is 11.4. The average Bonchev–Trinajstić information content (AvgIpc) is 3.40. The minimum absolute atomic E-state index is 0.0000997. The number of aliphatic hydroxyl groups excluding tert-OH is 1. The number of aliphatic hydroxyl groups is 1. The minimum Gasteiger partial charge on any atom is -0.484 e. The number of ether oxygens (including phenoxy) is 1. The summed E-state index contributed by atoms with van der Waals surface area (Å²) < 4.78 is 61.1. The Morgan fingerprint density at radius 3 is 2.72 bits per heavy atom. The Bertz CT molecular complexity index is 1360. The van der Waals surface area contributed by atoms with Crippen LogP contribution in [0.2, 0.25) is 0 Å². The maximum Gasteiger partial charge on any atom is 0.422 e. The van der Waals surface area contributed by atoms with Gasteiger partial charge in [-0.3, -0.25) is 4.68 Å². The van der Waals surface area contributed by atoms with Crippen LogP contribution in [0.5, 0.6) is 5.75 Å². The van der Waals surface area contributed by atoms with Crippen molar-refractivity contribution in [3.05, 3.63) is 60.4 Å². The molecule has 190 valence electrons. The molecule has 5 rings (SSSR count). The maximum absolute atomic E-state index is 14.2. The lowest BCUT2D eigenvalue weighted by atomic mass is 9.99. The summed E-state index contributed by atoms with van der Waals surface area (Å²) in [6, 6.07) is 4.90. The van der Waals surface area contributed by atoms with E-state index in [4.69, 9.17) is 14.8 Å². The highest BCUT2D eigenvalue weighted by molar-refractivity contribution is 5.77. The Labute approximate surface area is 203 Å². The summed E-state index contributed by atoms with van der Waals surface area (Å²) in [5.41, 5.74) is 2.42. The van der Waals surface area contributed by atoms with Crippen LogP contribution in [0.1, 0.15) is 24.4 Å². The van der Waals surface area contributed by atoms with Gasteiger partial charge in [0, 0.05) is 36.1 Å². The zero-order valence-electron chi connectivity index (χ0n) is 19.4. The molecule has 3 heterocycles. The molecule has 1 aromatic carbocycles. The molecular formula is C24H24F4N6O2. The molecule has 0 saturated heterocycles. The molecule has 1 N–H and O–H groups in total. The molecule has 0 bridgehead atoms. The van der Waals surface area contributed by atoms with Crippen molar-refractivity contribution < 1.29 is 27.4 Å². The van der Waals surface area contributed by atoms with E-state index in [1.807, 2.05) is 4.90 Å². The summed E-state index contributed by atoms with van der Waals surface area (Å²) in [6.07, 6.45) is 4.06. The second kappa shape index (κ2) is 9.41. The van der Waals surface area contributed by atoms with Gasteiger partial charge in [0.25, 0.3) is 0 Å². The fourth-order valence-corrected chi connectivity index (χ4v) is 4.36. The summed E-state index contributed by atoms with van der Waals surface area (Å²) in [6.45, 7) is -1.14. The zero-order valence-corrected chi connectivity index (χ0v) is 19.4. The molecule has 3 aromatic heterocycles. The lowest BCUT2D eigenvalue weighted by Gasteiger charge is -2.31. The summed E-state index contributed by atoms with van der Waals surface area (Å²) in [7, 11) is 1.79. The van der Waals surface area contributed by atoms with E-state index in [1.165, 1.54) is 12.1 Å². The molecule has 0 amide bonds. The standard InChI is InChI=1S/C24H24F4N6O2/c1-32(22(15-2-3-15)18-10-17(25)4-5-20(18)36-14-24(26,27)28)21-6-7-34-23(31-21)19(12-30-34)16-11-29-33(13-16)8-9-35/h4-7,10-13,15,22,35H,2-3,8-9,14H2,1H3. The highest BCUT2D eigenvalue weighted by Gasteiger charge is 2.38. The quantitative estimate of drug-likeness (QED) is 0.343. The Balaban J connectivity index is 1.50. The highest BCUT2D eigenvalue weighted by atomic mass is 19.4. The normalized spacial score (nSPS) is 14.8. The highest BCUT2D eigenvalue weighted by Crippen LogP contribution is 2.48. The first kappa shape index (κ1) is 24.0. The van der Waals surface area contributed by atoms with Crippen LogP contribution in [0.3, 0.4) is 0 Å². The third-order valence-electron chi connectivity index (χ3n) is 6.16. The van der Waals surface area contributed by atoms with Gasteiger partial charge in [0.2, 0.25) is 0 Å². The predicted octanol–water partition coefficient (Wildman–Crippen LogP) is 4.25. The lowest BCUT2D eigenvalue weighted by molar-refractivity contribution is -0.153. The fraction of sp³-hybridized carbons (Fsp3) is 0.375. The van der Waals surface area contributed by atoms with E-state index >= 15 is 0 Å². The van der Waals surface area contributed by atoms with Gasteiger partial charge in [0.15, 0.2) is 12.3 Å². The van der Waals surface area contributed by atoms with E-state index in [1.54, 1.807) is 47.1 Å². The van der Waals surface area contributed by atoms with Gasteiger partial charge < -0.3 is 14.7 Å². The Morgan fingerprint density at radius 1 is 1.19 bits per heavy atom. The lowest BCUT2D eigenvalue weighted by Crippen LogP contribution is -2.28. The molecule has 0 radical (unpaired) electrons. The van der Waals surface area contributed by atoms with Crippen LogP contribution in [0.4, 0.5) is 23.4 Å². The van der Waals surface area contributed by atoms with Crippen molar-refractivity contribution in [3.8, 4) is 16.9 Å². The third kappa shape index (κ3) is 4.99. The van der Waals surface area contributed by atoms with E-state index in [2.05, 4.69) is 10.2 Å². The van der Waals surface area contributed by atoms with Crippen LogP contribution in [-0.4, -0.2) is 55.9 Å². The second-order valence-electron chi connectivity index (χ2n) is 8.81. The Morgan fingerprint density at radius 2 is 2.00 bits per heavy atom. The van der Waals surface area contributed by atoms with Crippen molar-refractivity contribution >= 4 is 11.5 Å². The molecule has 1 saturated carbocycles. The summed E-state index contributed by atoms with van der Waals surface area (Å²) in [4.78, 5) is 6.63. The number of hydrogen-bond acceptors (Lipinski definition) is 6. The maximum atomic E-state index is 14.2. The minimum atomic E-state index is -4.51. The van der Waals surface area contributed by atoms with Gasteiger partial charge in [-0.15, -0.1) is 0 Å². The van der Waals surface area contributed by atoms with E-state index in [-0.39, 0.29) is 18.3 Å². The van der Waals surface area contributed by atoms with E-state index in [9.17, 15) is 17.6 Å². The van der Waals surface area contributed by atoms with Gasteiger partial charge in [-0.25, -0.2) is 13.9 Å². The van der Waals surface area contributed by atoms with Gasteiger partial charge in [-0.05, 0) is 43.0 Å². The topological polar surface area (TPSA) is 80.7 Å². The van der Waals surface area contributed by atoms with Gasteiger partial charge >= 0.3 is 6.18 Å². The van der Waals surface area contributed by atoms with Gasteiger partial charge in [-0.1, -0.05) is 0 Å². The second-order valence-corrected chi connectivity index (χ2v) is 8.81. The van der Waals surface area contributed by atoms with Crippen molar-refractivity contribution in [1.29, 1.82) is 0 Å². The number of nitrogens with zero attached hydrogens (tertiary/aromatic N) is 6. The third-order valence-corrected chi connectivity index (χ3v) is 6.16. The smallest absolute Gasteiger partial charge is 0.422 e. The summed E-state index contributed by atoms with van der Waals surface area (Å²) in [5.74, 6) is 0.115. The van der Waals surface area contributed by atoms with Crippen LogP contribution < -0.4 is 9.64 Å². The first-order chi connectivity index (χ1) is 17.2. The monoisotopic (exact) mass is 504 g/mol. The number of aromatic nitrogens is 5. The van der Waals surface area contributed by atoms with Crippen molar-refractivity contribution in [2.24, 2.45) is 5.92 Å². The Kier molecular flexibility index (Phi) is 6.29. The molecule has 0 aliphatic heterocycles. The van der Waals surface area contributed by atoms with Crippen molar-refractivity contribution in [2.75, 3.05) is 25.2 Å². The molecule has 0 spiro atoms. The largest absolute Gasteiger partial charge is 0.484 e. The fourth-order valence-electron chi connectivity index (χ4n) is 4.36. The Hall–Kier alpha value is -3.67. The van der Waals surface area contributed by atoms with Crippen molar-refractivity contribution in [1.82, 2.24) is 24.4 Å². The van der Waals surface area contributed by atoms with Crippen LogP contribution in [0, 0.1) is 11.7 Å². The number of benzene rings is 1. The van der Waals surface area contributed by atoms with Crippen LogP contribution >= 0.6 is 0 Å². The van der Waals surface area contributed by atoms with Crippen molar-refractivity contribution in [2.45, 2.75) is 31.6 Å². The predicted molar refractivity (Wildman–Crippen MR) is 123 cm³/mol. The first-order valence-electron chi connectivity index (χ1n) is 11.4. The van der Waals surface area contributed by atoms with E-state index < -0.39 is 24.6 Å². The van der Waals surface area contributed by atoms with Gasteiger partial charge in [0.1, 0.15) is 17.4 Å². The molecule has 8 nitrogen and oxygen atoms in total. The van der Waals surface area contributed by atoms with E-state index in [0.717, 1.165) is 30.0 Å². The molecule has 12 heteroatoms. The zero-order chi connectivity index (χ0) is 25.4. The molecule has 1 atom stereocenters. The molecular weight excluding hydrogens is 480 g/mol. The van der Waals surface area contributed by atoms with Gasteiger partial charge in [0.05, 0.1) is 31.6 Å². The van der Waals surface area contributed by atoms with Crippen LogP contribution in [0.25, 0.3) is 16.8 Å². The summed E-state index contributed by atoms with van der Waals surface area (Å²) in [5, 5.41) is 17.7. The molecule has 1 unspecified atom stereocenters. The number of fused-ring (bicyclic) bond motifs is 1. The number of rotatable bonds is 9. The number of halogens is 4. The number of anilines is 1. The summed E-state index contributed by atoms with van der Waals surface area (Å²) >= 11 is 0. The molecule has 4 aromatic rings. The average molecular weight is 504 g/mol. The van der Waals surface area contributed by atoms with Crippen LogP contribution in [-0.2, 0) is 6.54 Å². The molecule has 1 aliphatic rings. The van der Waals surface area contributed by atoms with Gasteiger partial charge in [-0.2, -0.15) is 23.4 Å². The SMILES string of the molecule is CN(c1ccn2ncc(-c3cnn(CCO)c3)c2n1)C(c1cc(F)ccc1OCC(F)(F)F)C1CC1. The van der Waals surface area contributed by atoms with E-state index in [0.29, 0.717) is 23.6 Å². The molecule has 1 aliphatic carbocycles. The number of alkyl halides is 3. The van der Waals surface area contributed by atoms with Crippen molar-refractivity contribution in [3.63, 3.8) is 0 Å².